The van der Waals surface area contributed by atoms with E-state index in [9.17, 15) is 30.1 Å². The zero-order valence-corrected chi connectivity index (χ0v) is 16.1. The predicted molar refractivity (Wildman–Crippen MR) is 106 cm³/mol. The largest absolute Gasteiger partial charge is 0.504 e. The molecule has 0 amide bonds. The number of phenolic OH excluding ortho intramolecular Hbond substituents is 1. The van der Waals surface area contributed by atoms with E-state index in [-0.39, 0.29) is 29.8 Å². The lowest BCUT2D eigenvalue weighted by Crippen LogP contribution is -2.33. The predicted octanol–water partition coefficient (Wildman–Crippen LogP) is 2.38. The maximum absolute atomic E-state index is 12.2. The molecule has 160 valence electrons. The highest BCUT2D eigenvalue weighted by atomic mass is 16.6. The van der Waals surface area contributed by atoms with Crippen molar-refractivity contribution in [2.75, 3.05) is 19.1 Å². The Kier molecular flexibility index (Phi) is 4.89. The summed E-state index contributed by atoms with van der Waals surface area (Å²) >= 11 is 0. The van der Waals surface area contributed by atoms with Crippen LogP contribution in [0, 0.1) is 32.1 Å². The quantitative estimate of drug-likeness (QED) is 0.413. The minimum Gasteiger partial charge on any atom is -0.504 e. The number of nitro groups is 2. The third-order valence-corrected chi connectivity index (χ3v) is 5.35. The number of hydrogen-bond acceptors (Lipinski definition) is 10. The Morgan fingerprint density at radius 3 is 2.65 bits per heavy atom. The van der Waals surface area contributed by atoms with Gasteiger partial charge in [0.05, 0.1) is 40.6 Å². The summed E-state index contributed by atoms with van der Waals surface area (Å²) in [6, 6.07) is 6.20. The average molecular weight is 428 g/mol. The Morgan fingerprint density at radius 2 is 1.97 bits per heavy atom. The zero-order chi connectivity index (χ0) is 22.3. The number of anilines is 1. The van der Waals surface area contributed by atoms with Crippen molar-refractivity contribution in [3.8, 4) is 11.5 Å². The molecule has 0 bridgehead atoms. The molecule has 2 atom stereocenters. The molecule has 1 saturated heterocycles. The van der Waals surface area contributed by atoms with Gasteiger partial charge in [0.1, 0.15) is 12.3 Å². The summed E-state index contributed by atoms with van der Waals surface area (Å²) < 4.78 is 10.3. The first-order valence-electron chi connectivity index (χ1n) is 9.13. The van der Waals surface area contributed by atoms with Crippen LogP contribution in [0.5, 0.6) is 11.5 Å². The summed E-state index contributed by atoms with van der Waals surface area (Å²) in [5.41, 5.74) is 3.20. The summed E-state index contributed by atoms with van der Waals surface area (Å²) in [5.74, 6) is -1.18. The number of hydrogen-bond donors (Lipinski definition) is 2. The maximum atomic E-state index is 12.2. The molecule has 0 aromatic heterocycles. The van der Waals surface area contributed by atoms with Gasteiger partial charge >= 0.3 is 11.7 Å². The van der Waals surface area contributed by atoms with Gasteiger partial charge in [-0.15, -0.1) is 0 Å². The number of nitro benzene ring substituents is 2. The molecule has 2 aromatic rings. The smallest absolute Gasteiger partial charge is 0.310 e. The number of fused-ring (bicyclic) bond motifs is 2. The fourth-order valence-electron chi connectivity index (χ4n) is 3.82. The number of benzene rings is 2. The summed E-state index contributed by atoms with van der Waals surface area (Å²) in [6.45, 7) is 0.0819. The summed E-state index contributed by atoms with van der Waals surface area (Å²) in [4.78, 5) is 33.0. The number of cyclic esters (lactones) is 1. The molecule has 2 aliphatic rings. The van der Waals surface area contributed by atoms with Crippen molar-refractivity contribution in [1.82, 2.24) is 0 Å². The fourth-order valence-corrected chi connectivity index (χ4v) is 3.82. The van der Waals surface area contributed by atoms with Crippen LogP contribution in [0.3, 0.4) is 0 Å². The molecule has 0 saturated carbocycles. The SMILES string of the molecule is COc1cc2c(cc1O)C(=NNc1ccc([N+](=O)[O-])cc1[N+](=O)[O-])C1COC(=O)C1C2. The van der Waals surface area contributed by atoms with E-state index in [0.29, 0.717) is 23.3 Å². The fraction of sp³-hybridized carbons (Fsp3) is 0.263. The lowest BCUT2D eigenvalue weighted by molar-refractivity contribution is -0.393. The third kappa shape index (κ3) is 3.47. The number of nitrogens with zero attached hydrogens (tertiary/aromatic N) is 3. The normalized spacial score (nSPS) is 20.5. The van der Waals surface area contributed by atoms with Crippen molar-refractivity contribution in [3.05, 3.63) is 61.7 Å². The number of carbonyl (C=O) groups excluding carboxylic acids is 1. The molecule has 1 aliphatic heterocycles. The Morgan fingerprint density at radius 1 is 1.19 bits per heavy atom. The van der Waals surface area contributed by atoms with E-state index < -0.39 is 33.1 Å². The van der Waals surface area contributed by atoms with Crippen molar-refractivity contribution in [2.24, 2.45) is 16.9 Å². The van der Waals surface area contributed by atoms with Crippen LogP contribution in [-0.4, -0.2) is 40.4 Å². The molecule has 2 N–H and O–H groups in total. The maximum Gasteiger partial charge on any atom is 0.310 e. The van der Waals surface area contributed by atoms with Crippen molar-refractivity contribution >= 4 is 28.7 Å². The number of esters is 1. The molecule has 0 spiro atoms. The van der Waals surface area contributed by atoms with Gasteiger partial charge in [-0.25, -0.2) is 0 Å². The van der Waals surface area contributed by atoms with Gasteiger partial charge in [-0.2, -0.15) is 5.10 Å². The zero-order valence-electron chi connectivity index (χ0n) is 16.1. The third-order valence-electron chi connectivity index (χ3n) is 5.35. The molecular formula is C19H16N4O8. The number of non-ortho nitro benzene ring substituents is 1. The van der Waals surface area contributed by atoms with Gasteiger partial charge in [0.25, 0.3) is 5.69 Å². The van der Waals surface area contributed by atoms with Crippen LogP contribution >= 0.6 is 0 Å². The molecule has 12 nitrogen and oxygen atoms in total. The summed E-state index contributed by atoms with van der Waals surface area (Å²) in [6.07, 6.45) is 0.367. The number of aromatic hydroxyl groups is 1. The lowest BCUT2D eigenvalue weighted by Gasteiger charge is -2.27. The number of hydrazone groups is 1. The Bertz CT molecular complexity index is 1150. The van der Waals surface area contributed by atoms with Crippen molar-refractivity contribution in [2.45, 2.75) is 6.42 Å². The van der Waals surface area contributed by atoms with Gasteiger partial charge in [0.15, 0.2) is 11.5 Å². The Balaban J connectivity index is 1.78. The van der Waals surface area contributed by atoms with Gasteiger partial charge in [-0.05, 0) is 30.2 Å². The first-order chi connectivity index (χ1) is 14.8. The number of methoxy groups -OCH3 is 1. The van der Waals surface area contributed by atoms with Crippen molar-refractivity contribution in [3.63, 3.8) is 0 Å². The Labute approximate surface area is 174 Å². The molecule has 1 fully saturated rings. The van der Waals surface area contributed by atoms with Crippen LogP contribution in [-0.2, 0) is 16.0 Å². The van der Waals surface area contributed by atoms with Gasteiger partial charge in [0, 0.05) is 11.6 Å². The van der Waals surface area contributed by atoms with E-state index in [0.717, 1.165) is 12.1 Å². The minimum atomic E-state index is -0.758. The van der Waals surface area contributed by atoms with E-state index in [1.54, 1.807) is 6.07 Å². The molecule has 12 heteroatoms. The average Bonchev–Trinajstić information content (AvgIpc) is 3.11. The first-order valence-corrected chi connectivity index (χ1v) is 9.13. The summed E-state index contributed by atoms with van der Waals surface area (Å²) in [7, 11) is 1.40. The van der Waals surface area contributed by atoms with E-state index in [1.807, 2.05) is 0 Å². The first kappa shape index (κ1) is 20.1. The van der Waals surface area contributed by atoms with E-state index >= 15 is 0 Å². The standard InChI is InChI=1S/C19H16N4O8/c1-30-17-5-9-4-12-13(8-31-19(12)25)18(11(9)7-16(17)24)21-20-14-3-2-10(22(26)27)6-15(14)23(28)29/h2-3,5-7,12-13,20,24H,4,8H2,1H3. The van der Waals surface area contributed by atoms with Gasteiger partial charge < -0.3 is 14.6 Å². The molecule has 0 radical (unpaired) electrons. The van der Waals surface area contributed by atoms with Crippen molar-refractivity contribution in [1.29, 1.82) is 0 Å². The molecule has 2 aromatic carbocycles. The van der Waals surface area contributed by atoms with Crippen LogP contribution in [0.4, 0.5) is 17.1 Å². The Hall–Kier alpha value is -4.22. The second-order valence-electron chi connectivity index (χ2n) is 7.05. The molecule has 31 heavy (non-hydrogen) atoms. The topological polar surface area (TPSA) is 166 Å². The van der Waals surface area contributed by atoms with Crippen LogP contribution in [0.25, 0.3) is 0 Å². The highest BCUT2D eigenvalue weighted by molar-refractivity contribution is 6.08. The monoisotopic (exact) mass is 428 g/mol. The molecular weight excluding hydrogens is 412 g/mol. The second-order valence-corrected chi connectivity index (χ2v) is 7.05. The minimum absolute atomic E-state index is 0.0604. The van der Waals surface area contributed by atoms with Gasteiger partial charge in [-0.1, -0.05) is 0 Å². The number of carbonyl (C=O) groups is 1. The van der Waals surface area contributed by atoms with Crippen molar-refractivity contribution < 1.29 is 29.2 Å². The van der Waals surface area contributed by atoms with E-state index in [2.05, 4.69) is 10.5 Å². The number of nitrogens with one attached hydrogen (secondary N) is 1. The number of ether oxygens (including phenoxy) is 2. The van der Waals surface area contributed by atoms with Gasteiger partial charge in [-0.3, -0.25) is 30.4 Å². The summed E-state index contributed by atoms with van der Waals surface area (Å²) in [5, 5.41) is 36.8. The highest BCUT2D eigenvalue weighted by Gasteiger charge is 2.45. The van der Waals surface area contributed by atoms with E-state index in [4.69, 9.17) is 9.47 Å². The van der Waals surface area contributed by atoms with Crippen LogP contribution in [0.15, 0.2) is 35.4 Å². The lowest BCUT2D eigenvalue weighted by atomic mass is 9.76. The molecule has 1 heterocycles. The molecule has 4 rings (SSSR count). The second kappa shape index (κ2) is 7.55. The number of rotatable bonds is 5. The highest BCUT2D eigenvalue weighted by Crippen LogP contribution is 2.40. The van der Waals surface area contributed by atoms with Crippen LogP contribution < -0.4 is 10.2 Å². The van der Waals surface area contributed by atoms with Crippen LogP contribution in [0.2, 0.25) is 0 Å². The molecule has 2 unspecified atom stereocenters. The van der Waals surface area contributed by atoms with Gasteiger partial charge in [0.2, 0.25) is 0 Å². The number of phenols is 1. The molecule has 1 aliphatic carbocycles. The van der Waals surface area contributed by atoms with E-state index in [1.165, 1.54) is 19.2 Å². The van der Waals surface area contributed by atoms with Crippen LogP contribution in [0.1, 0.15) is 11.1 Å².